The van der Waals surface area contributed by atoms with Crippen molar-refractivity contribution in [3.05, 3.63) is 105 Å². The molecule has 2 amide bonds. The predicted molar refractivity (Wildman–Crippen MR) is 144 cm³/mol. The third-order valence-corrected chi connectivity index (χ3v) is 6.83. The Balaban J connectivity index is 1.99. The number of halogens is 3. The van der Waals surface area contributed by atoms with Crippen LogP contribution in [0.25, 0.3) is 0 Å². The van der Waals surface area contributed by atoms with Crippen molar-refractivity contribution >= 4 is 46.6 Å². The molecule has 0 radical (unpaired) electrons. The zero-order chi connectivity index (χ0) is 25.4. The van der Waals surface area contributed by atoms with Gasteiger partial charge in [0.15, 0.2) is 0 Å². The van der Waals surface area contributed by atoms with Gasteiger partial charge in [-0.15, -0.1) is 0 Å². The van der Waals surface area contributed by atoms with E-state index in [0.29, 0.717) is 21.5 Å². The van der Waals surface area contributed by atoms with E-state index in [1.54, 1.807) is 29.2 Å². The topological polar surface area (TPSA) is 49.4 Å². The van der Waals surface area contributed by atoms with Gasteiger partial charge >= 0.3 is 0 Å². The van der Waals surface area contributed by atoms with E-state index in [1.807, 2.05) is 62.4 Å². The van der Waals surface area contributed by atoms with E-state index in [-0.39, 0.29) is 30.8 Å². The monoisotopic (exact) mass is 530 g/mol. The van der Waals surface area contributed by atoms with E-state index in [9.17, 15) is 9.59 Å². The number of hydrogen-bond acceptors (Lipinski definition) is 2. The molecule has 0 spiro atoms. The first-order valence-corrected chi connectivity index (χ1v) is 12.7. The van der Waals surface area contributed by atoms with Gasteiger partial charge in [0.05, 0.1) is 16.5 Å². The smallest absolute Gasteiger partial charge is 0.243 e. The Hall–Kier alpha value is -2.53. The highest BCUT2D eigenvalue weighted by Crippen LogP contribution is 2.25. The van der Waals surface area contributed by atoms with Crippen LogP contribution in [0.15, 0.2) is 72.8 Å². The normalized spacial score (nSPS) is 12.6. The molecule has 3 aromatic carbocycles. The van der Waals surface area contributed by atoms with Gasteiger partial charge in [0, 0.05) is 24.0 Å². The number of nitrogens with one attached hydrogen (secondary N) is 1. The standard InChI is InChI=1S/C28H29Cl3N2O2/c1-3-19(2)32-28(35)26(16-20-8-5-4-6-9-20)33(18-22-12-13-24(30)25(31)15-22)27(34)17-21-10-7-11-23(29)14-21/h4-15,19,26H,3,16-18H2,1-2H3,(H,32,35)/t19-,26-/m0/s1. The molecule has 0 heterocycles. The van der Waals surface area contributed by atoms with Gasteiger partial charge < -0.3 is 10.2 Å². The summed E-state index contributed by atoms with van der Waals surface area (Å²) < 4.78 is 0. The van der Waals surface area contributed by atoms with Gasteiger partial charge in [0.1, 0.15) is 6.04 Å². The molecule has 35 heavy (non-hydrogen) atoms. The molecule has 4 nitrogen and oxygen atoms in total. The summed E-state index contributed by atoms with van der Waals surface area (Å²) in [5, 5.41) is 4.45. The molecule has 0 aliphatic heterocycles. The van der Waals surface area contributed by atoms with Crippen molar-refractivity contribution in [1.82, 2.24) is 10.2 Å². The molecule has 0 aliphatic carbocycles. The molecule has 0 bridgehead atoms. The molecule has 0 saturated heterocycles. The number of hydrogen-bond donors (Lipinski definition) is 1. The fourth-order valence-electron chi connectivity index (χ4n) is 3.75. The molecule has 0 aromatic heterocycles. The summed E-state index contributed by atoms with van der Waals surface area (Å²) in [6.07, 6.45) is 1.28. The Kier molecular flexibility index (Phi) is 10.0. The summed E-state index contributed by atoms with van der Waals surface area (Å²) in [6, 6.07) is 21.4. The van der Waals surface area contributed by atoms with Gasteiger partial charge in [0.25, 0.3) is 0 Å². The minimum atomic E-state index is -0.715. The van der Waals surface area contributed by atoms with Crippen molar-refractivity contribution in [2.75, 3.05) is 0 Å². The van der Waals surface area contributed by atoms with Crippen LogP contribution in [0.4, 0.5) is 0 Å². The van der Waals surface area contributed by atoms with Crippen LogP contribution in [-0.2, 0) is 29.0 Å². The highest BCUT2D eigenvalue weighted by molar-refractivity contribution is 6.42. The van der Waals surface area contributed by atoms with E-state index >= 15 is 0 Å². The number of amides is 2. The molecule has 0 aliphatic rings. The van der Waals surface area contributed by atoms with Crippen LogP contribution >= 0.6 is 34.8 Å². The summed E-state index contributed by atoms with van der Waals surface area (Å²) in [6.45, 7) is 4.17. The van der Waals surface area contributed by atoms with Crippen molar-refractivity contribution in [2.24, 2.45) is 0 Å². The molecular weight excluding hydrogens is 503 g/mol. The highest BCUT2D eigenvalue weighted by Gasteiger charge is 2.31. The quantitative estimate of drug-likeness (QED) is 0.315. The van der Waals surface area contributed by atoms with Crippen LogP contribution in [0.1, 0.15) is 37.0 Å². The number of carbonyl (C=O) groups is 2. The van der Waals surface area contributed by atoms with Gasteiger partial charge in [-0.3, -0.25) is 9.59 Å². The second-order valence-corrected chi connectivity index (χ2v) is 9.85. The first-order chi connectivity index (χ1) is 16.8. The van der Waals surface area contributed by atoms with Gasteiger partial charge in [-0.2, -0.15) is 0 Å². The van der Waals surface area contributed by atoms with Gasteiger partial charge in [-0.05, 0) is 54.3 Å². The van der Waals surface area contributed by atoms with Crippen molar-refractivity contribution < 1.29 is 9.59 Å². The lowest BCUT2D eigenvalue weighted by Crippen LogP contribution is -2.52. The summed E-state index contributed by atoms with van der Waals surface area (Å²) in [4.78, 5) is 28.9. The molecule has 0 unspecified atom stereocenters. The lowest BCUT2D eigenvalue weighted by atomic mass is 10.0. The maximum atomic E-state index is 13.7. The summed E-state index contributed by atoms with van der Waals surface area (Å²) in [7, 11) is 0. The molecule has 0 saturated carbocycles. The van der Waals surface area contributed by atoms with Crippen molar-refractivity contribution in [1.29, 1.82) is 0 Å². The van der Waals surface area contributed by atoms with Crippen molar-refractivity contribution in [3.63, 3.8) is 0 Å². The summed E-state index contributed by atoms with van der Waals surface area (Å²) in [5.74, 6) is -0.374. The van der Waals surface area contributed by atoms with E-state index in [0.717, 1.165) is 23.1 Å². The lowest BCUT2D eigenvalue weighted by molar-refractivity contribution is -0.141. The number of nitrogens with zero attached hydrogens (tertiary/aromatic N) is 1. The van der Waals surface area contributed by atoms with Crippen LogP contribution in [0.5, 0.6) is 0 Å². The summed E-state index contributed by atoms with van der Waals surface area (Å²) >= 11 is 18.5. The van der Waals surface area contributed by atoms with E-state index in [1.165, 1.54) is 0 Å². The maximum absolute atomic E-state index is 13.7. The Morgan fingerprint density at radius 1 is 0.857 bits per heavy atom. The highest BCUT2D eigenvalue weighted by atomic mass is 35.5. The molecule has 1 N–H and O–H groups in total. The zero-order valence-corrected chi connectivity index (χ0v) is 22.1. The third-order valence-electron chi connectivity index (χ3n) is 5.85. The molecule has 7 heteroatoms. The molecule has 3 aromatic rings. The molecule has 184 valence electrons. The van der Waals surface area contributed by atoms with Gasteiger partial charge in [-0.1, -0.05) is 90.3 Å². The van der Waals surface area contributed by atoms with Gasteiger partial charge in [0.2, 0.25) is 11.8 Å². The van der Waals surface area contributed by atoms with Crippen molar-refractivity contribution in [2.45, 2.75) is 51.7 Å². The van der Waals surface area contributed by atoms with Crippen LogP contribution in [0.2, 0.25) is 15.1 Å². The molecular formula is C28H29Cl3N2O2. The first-order valence-electron chi connectivity index (χ1n) is 11.6. The third kappa shape index (κ3) is 7.99. The fraction of sp³-hybridized carbons (Fsp3) is 0.286. The summed E-state index contributed by atoms with van der Waals surface area (Å²) in [5.41, 5.74) is 2.53. The van der Waals surface area contributed by atoms with Crippen LogP contribution < -0.4 is 5.32 Å². The minimum absolute atomic E-state index is 0.0179. The average Bonchev–Trinajstić information content (AvgIpc) is 2.84. The van der Waals surface area contributed by atoms with Crippen LogP contribution in [0, 0.1) is 0 Å². The Morgan fingerprint density at radius 3 is 2.23 bits per heavy atom. The Labute approximate surface area is 222 Å². The Bertz CT molecular complexity index is 1150. The predicted octanol–water partition coefficient (Wildman–Crippen LogP) is 6.74. The van der Waals surface area contributed by atoms with Crippen LogP contribution in [-0.4, -0.2) is 28.8 Å². The Morgan fingerprint density at radius 2 is 1.57 bits per heavy atom. The SMILES string of the molecule is CC[C@H](C)NC(=O)[C@H](Cc1ccccc1)N(Cc1ccc(Cl)c(Cl)c1)C(=O)Cc1cccc(Cl)c1. The zero-order valence-electron chi connectivity index (χ0n) is 19.8. The number of benzene rings is 3. The molecule has 0 fully saturated rings. The number of rotatable bonds is 10. The largest absolute Gasteiger partial charge is 0.352 e. The second kappa shape index (κ2) is 13.0. The van der Waals surface area contributed by atoms with E-state index in [2.05, 4.69) is 5.32 Å². The first kappa shape index (κ1) is 27.1. The average molecular weight is 532 g/mol. The maximum Gasteiger partial charge on any atom is 0.243 e. The molecule has 3 rings (SSSR count). The number of carbonyl (C=O) groups excluding carboxylic acids is 2. The minimum Gasteiger partial charge on any atom is -0.352 e. The van der Waals surface area contributed by atoms with E-state index in [4.69, 9.17) is 34.8 Å². The molecule has 2 atom stereocenters. The van der Waals surface area contributed by atoms with Gasteiger partial charge in [-0.25, -0.2) is 0 Å². The van der Waals surface area contributed by atoms with E-state index < -0.39 is 6.04 Å². The van der Waals surface area contributed by atoms with Crippen molar-refractivity contribution in [3.8, 4) is 0 Å². The second-order valence-electron chi connectivity index (χ2n) is 8.60. The van der Waals surface area contributed by atoms with Crippen LogP contribution in [0.3, 0.4) is 0 Å². The fourth-order valence-corrected chi connectivity index (χ4v) is 4.29. The lowest BCUT2D eigenvalue weighted by Gasteiger charge is -2.32.